The second kappa shape index (κ2) is 10.8. The predicted octanol–water partition coefficient (Wildman–Crippen LogP) is 4.80. The van der Waals surface area contributed by atoms with Crippen LogP contribution >= 0.6 is 0 Å². The first-order valence-electron chi connectivity index (χ1n) is 14.7. The average molecular weight is 572 g/mol. The second-order valence-corrected chi connectivity index (χ2v) is 11.5. The fourth-order valence-corrected chi connectivity index (χ4v) is 6.50. The molecule has 2 fully saturated rings. The Balaban J connectivity index is 1.24. The van der Waals surface area contributed by atoms with E-state index in [1.807, 2.05) is 19.1 Å². The molecule has 1 aromatic carbocycles. The van der Waals surface area contributed by atoms with E-state index in [4.69, 9.17) is 4.98 Å². The van der Waals surface area contributed by atoms with E-state index in [0.717, 1.165) is 44.6 Å². The molecule has 1 saturated carbocycles. The first-order chi connectivity index (χ1) is 20.5. The number of carbonyl (C=O) groups excluding carboxylic acids is 1. The Bertz CT molecular complexity index is 1600. The zero-order chi connectivity index (χ0) is 28.8. The summed E-state index contributed by atoms with van der Waals surface area (Å²) in [5.41, 5.74) is 2.10. The molecule has 12 heteroatoms. The minimum Gasteiger partial charge on any atom is -0.393 e. The number of carbonyl (C=O) groups is 1. The number of hydrogen-bond acceptors (Lipinski definition) is 9. The van der Waals surface area contributed by atoms with E-state index in [9.17, 15) is 14.3 Å². The maximum atomic E-state index is 14.6. The quantitative estimate of drug-likeness (QED) is 0.310. The largest absolute Gasteiger partial charge is 0.393 e. The van der Waals surface area contributed by atoms with Crippen LogP contribution in [-0.2, 0) is 4.79 Å². The highest BCUT2D eigenvalue weighted by atomic mass is 19.1. The average Bonchev–Trinajstić information content (AvgIpc) is 3.49. The van der Waals surface area contributed by atoms with Gasteiger partial charge in [0.15, 0.2) is 11.6 Å². The van der Waals surface area contributed by atoms with Gasteiger partial charge in [0.05, 0.1) is 30.4 Å². The maximum absolute atomic E-state index is 14.6. The van der Waals surface area contributed by atoms with Gasteiger partial charge in [0, 0.05) is 30.2 Å². The number of fused-ring (bicyclic) bond motifs is 2. The van der Waals surface area contributed by atoms with Crippen LogP contribution in [-0.4, -0.2) is 67.4 Å². The molecule has 11 nitrogen and oxygen atoms in total. The van der Waals surface area contributed by atoms with Crippen molar-refractivity contribution >= 4 is 51.5 Å². The normalized spacial score (nSPS) is 20.3. The number of nitrogens with one attached hydrogen (secondary N) is 2. The van der Waals surface area contributed by atoms with Crippen LogP contribution in [0.3, 0.4) is 0 Å². The Hall–Kier alpha value is -4.32. The van der Waals surface area contributed by atoms with Gasteiger partial charge in [-0.25, -0.2) is 14.4 Å². The number of aromatic nitrogens is 5. The molecule has 1 aliphatic carbocycles. The molecule has 0 radical (unpaired) electrons. The second-order valence-electron chi connectivity index (χ2n) is 11.5. The summed E-state index contributed by atoms with van der Waals surface area (Å²) in [5.74, 6) is 1.34. The highest BCUT2D eigenvalue weighted by Crippen LogP contribution is 2.42. The van der Waals surface area contributed by atoms with Crippen molar-refractivity contribution in [3.8, 4) is 0 Å². The maximum Gasteiger partial charge on any atom is 0.254 e. The zero-order valence-electron chi connectivity index (χ0n) is 23.5. The van der Waals surface area contributed by atoms with Gasteiger partial charge in [-0.3, -0.25) is 14.8 Å². The predicted molar refractivity (Wildman–Crippen MR) is 159 cm³/mol. The Morgan fingerprint density at radius 1 is 1.02 bits per heavy atom. The van der Waals surface area contributed by atoms with Gasteiger partial charge >= 0.3 is 0 Å². The summed E-state index contributed by atoms with van der Waals surface area (Å²) in [6.45, 7) is 3.42. The lowest BCUT2D eigenvalue weighted by molar-refractivity contribution is -0.119. The fourth-order valence-electron chi connectivity index (χ4n) is 6.50. The molecule has 7 rings (SSSR count). The van der Waals surface area contributed by atoms with Crippen LogP contribution in [0.4, 0.5) is 39.0 Å². The van der Waals surface area contributed by atoms with Crippen LogP contribution in [0.5, 0.6) is 0 Å². The van der Waals surface area contributed by atoms with Crippen molar-refractivity contribution < 1.29 is 14.3 Å². The third kappa shape index (κ3) is 4.79. The van der Waals surface area contributed by atoms with Gasteiger partial charge in [0.1, 0.15) is 23.1 Å². The third-order valence-corrected chi connectivity index (χ3v) is 8.73. The summed E-state index contributed by atoms with van der Waals surface area (Å²) < 4.78 is 14.6. The summed E-state index contributed by atoms with van der Waals surface area (Å²) in [6, 6.07) is 6.76. The van der Waals surface area contributed by atoms with Crippen molar-refractivity contribution in [3.63, 3.8) is 0 Å². The number of H-pyrrole nitrogens is 1. The van der Waals surface area contributed by atoms with Gasteiger partial charge in [-0.1, -0.05) is 19.3 Å². The molecule has 3 aromatic heterocycles. The molecule has 1 amide bonds. The number of benzene rings is 1. The van der Waals surface area contributed by atoms with Gasteiger partial charge in [-0.05, 0) is 56.9 Å². The monoisotopic (exact) mass is 571 g/mol. The third-order valence-electron chi connectivity index (χ3n) is 8.73. The van der Waals surface area contributed by atoms with Gasteiger partial charge in [-0.2, -0.15) is 10.1 Å². The molecule has 1 atom stereocenters. The van der Waals surface area contributed by atoms with Crippen LogP contribution in [0.2, 0.25) is 0 Å². The molecule has 3 aliphatic rings. The first-order valence-corrected chi connectivity index (χ1v) is 14.7. The molecule has 218 valence electrons. The van der Waals surface area contributed by atoms with Crippen molar-refractivity contribution in [2.75, 3.05) is 33.1 Å². The van der Waals surface area contributed by atoms with Crippen LogP contribution in [0.15, 0.2) is 42.9 Å². The number of pyridine rings is 1. The van der Waals surface area contributed by atoms with Crippen LogP contribution < -0.4 is 20.0 Å². The highest BCUT2D eigenvalue weighted by molar-refractivity contribution is 6.09. The smallest absolute Gasteiger partial charge is 0.254 e. The Morgan fingerprint density at radius 3 is 2.60 bits per heavy atom. The lowest BCUT2D eigenvalue weighted by atomic mass is 9.92. The van der Waals surface area contributed by atoms with E-state index in [1.165, 1.54) is 12.5 Å². The minimum atomic E-state index is -0.439. The van der Waals surface area contributed by atoms with Crippen molar-refractivity contribution in [1.82, 2.24) is 25.1 Å². The van der Waals surface area contributed by atoms with Crippen LogP contribution in [0.1, 0.15) is 51.9 Å². The lowest BCUT2D eigenvalue weighted by Gasteiger charge is -2.45. The number of hydrogen-bond donors (Lipinski definition) is 3. The van der Waals surface area contributed by atoms with Crippen molar-refractivity contribution in [1.29, 1.82) is 0 Å². The summed E-state index contributed by atoms with van der Waals surface area (Å²) in [6.07, 6.45) is 11.5. The topological polar surface area (TPSA) is 126 Å². The molecule has 4 aromatic rings. The number of piperidine rings is 1. The Kier molecular flexibility index (Phi) is 6.85. The summed E-state index contributed by atoms with van der Waals surface area (Å²) in [4.78, 5) is 34.1. The van der Waals surface area contributed by atoms with Crippen molar-refractivity contribution in [2.24, 2.45) is 0 Å². The number of amides is 1. The minimum absolute atomic E-state index is 0.0551. The number of aliphatic hydroxyl groups is 1. The van der Waals surface area contributed by atoms with Crippen molar-refractivity contribution in [2.45, 2.75) is 70.1 Å². The molecule has 0 bridgehead atoms. The fraction of sp³-hybridized carbons (Fsp3) is 0.433. The van der Waals surface area contributed by atoms with Gasteiger partial charge in [0.2, 0.25) is 5.95 Å². The van der Waals surface area contributed by atoms with E-state index in [-0.39, 0.29) is 18.1 Å². The number of anilines is 6. The standard InChI is InChI=1S/C30H34FN9O2/c1-18-29(42)40(22-7-8-26(32-16-22)38-11-9-23(41)10-12-38)25-17-33-30(36-28(25)39(18)21-5-3-2-4-6-21)35-20-13-19-15-34-37-27(19)24(31)14-20/h7-8,13-18,21,23,41H,2-6,9-12H2,1H3,(H,34,37)(H,33,35,36)/t18-/m1/s1. The van der Waals surface area contributed by atoms with E-state index >= 15 is 0 Å². The molecule has 2 aliphatic heterocycles. The number of nitrogens with zero attached hydrogens (tertiary/aromatic N) is 7. The summed E-state index contributed by atoms with van der Waals surface area (Å²) in [5, 5.41) is 20.3. The summed E-state index contributed by atoms with van der Waals surface area (Å²) >= 11 is 0. The molecule has 1 saturated heterocycles. The highest BCUT2D eigenvalue weighted by Gasteiger charge is 2.41. The number of aromatic amines is 1. The van der Waals surface area contributed by atoms with Crippen molar-refractivity contribution in [3.05, 3.63) is 48.7 Å². The molecule has 0 unspecified atom stereocenters. The molecule has 42 heavy (non-hydrogen) atoms. The molecule has 0 spiro atoms. The Labute approximate surface area is 242 Å². The van der Waals surface area contributed by atoms with Gasteiger partial charge < -0.3 is 20.2 Å². The number of aliphatic hydroxyl groups excluding tert-OH is 1. The molecule has 5 heterocycles. The Morgan fingerprint density at radius 2 is 1.83 bits per heavy atom. The zero-order valence-corrected chi connectivity index (χ0v) is 23.5. The van der Waals surface area contributed by atoms with Gasteiger partial charge in [0.25, 0.3) is 5.91 Å². The lowest BCUT2D eigenvalue weighted by Crippen LogP contribution is -2.55. The van der Waals surface area contributed by atoms with E-state index < -0.39 is 11.9 Å². The van der Waals surface area contributed by atoms with Crippen LogP contribution in [0, 0.1) is 5.82 Å². The molecule has 3 N–H and O–H groups in total. The molecular formula is C30H34FN9O2. The number of halogens is 1. The van der Waals surface area contributed by atoms with E-state index in [1.54, 1.807) is 29.6 Å². The van der Waals surface area contributed by atoms with Gasteiger partial charge in [-0.15, -0.1) is 0 Å². The van der Waals surface area contributed by atoms with E-state index in [2.05, 4.69) is 35.3 Å². The van der Waals surface area contributed by atoms with Crippen LogP contribution in [0.25, 0.3) is 10.9 Å². The number of rotatable bonds is 5. The van der Waals surface area contributed by atoms with E-state index in [0.29, 0.717) is 52.6 Å². The summed E-state index contributed by atoms with van der Waals surface area (Å²) in [7, 11) is 0. The SMILES string of the molecule is C[C@@H]1C(=O)N(c2ccc(N3CCC(O)CC3)nc2)c2cnc(Nc3cc(F)c4[nH]ncc4c3)nc2N1C1CCCCC1. The molecular weight excluding hydrogens is 537 g/mol. The first kappa shape index (κ1) is 26.6.